The van der Waals surface area contributed by atoms with Crippen molar-refractivity contribution in [3.63, 3.8) is 0 Å². The molecule has 2 N–H and O–H groups in total. The molecule has 1 unspecified atom stereocenters. The van der Waals surface area contributed by atoms with Gasteiger partial charge in [0.15, 0.2) is 0 Å². The SMILES string of the molecule is CC(=O)Nc1cccc(NC(=O)C(Cc2cccnc2)c2ccccc2)c1. The highest BCUT2D eigenvalue weighted by Gasteiger charge is 2.21. The number of nitrogens with zero attached hydrogens (tertiary/aromatic N) is 1. The largest absolute Gasteiger partial charge is 0.326 e. The molecule has 1 heterocycles. The molecule has 0 saturated heterocycles. The molecule has 3 rings (SSSR count). The summed E-state index contributed by atoms with van der Waals surface area (Å²) in [6.07, 6.45) is 4.05. The lowest BCUT2D eigenvalue weighted by atomic mass is 9.91. The fourth-order valence-corrected chi connectivity index (χ4v) is 2.91. The first-order chi connectivity index (χ1) is 13.1. The Bertz CT molecular complexity index is 911. The molecule has 0 aliphatic heterocycles. The van der Waals surface area contributed by atoms with Gasteiger partial charge in [-0.05, 0) is 41.8 Å². The van der Waals surface area contributed by atoms with Gasteiger partial charge in [0.05, 0.1) is 5.92 Å². The highest BCUT2D eigenvalue weighted by molar-refractivity contribution is 5.97. The molecule has 3 aromatic rings. The van der Waals surface area contributed by atoms with Crippen molar-refractivity contribution in [1.29, 1.82) is 0 Å². The first-order valence-corrected chi connectivity index (χ1v) is 8.74. The Morgan fingerprint density at radius 3 is 2.33 bits per heavy atom. The number of hydrogen-bond donors (Lipinski definition) is 2. The van der Waals surface area contributed by atoms with Gasteiger partial charge in [-0.25, -0.2) is 0 Å². The molecule has 1 atom stereocenters. The van der Waals surface area contributed by atoms with Crippen LogP contribution >= 0.6 is 0 Å². The van der Waals surface area contributed by atoms with Crippen LogP contribution in [0.25, 0.3) is 0 Å². The van der Waals surface area contributed by atoms with Crippen LogP contribution in [0.1, 0.15) is 24.0 Å². The predicted octanol–water partition coefficient (Wildman–Crippen LogP) is 4.01. The summed E-state index contributed by atoms with van der Waals surface area (Å²) < 4.78 is 0. The van der Waals surface area contributed by atoms with Gasteiger partial charge in [-0.1, -0.05) is 42.5 Å². The smallest absolute Gasteiger partial charge is 0.232 e. The molecule has 2 aromatic carbocycles. The maximum absolute atomic E-state index is 13.0. The second kappa shape index (κ2) is 8.76. The Morgan fingerprint density at radius 2 is 1.67 bits per heavy atom. The average molecular weight is 359 g/mol. The van der Waals surface area contributed by atoms with E-state index in [2.05, 4.69) is 15.6 Å². The van der Waals surface area contributed by atoms with Crippen LogP contribution in [0.3, 0.4) is 0 Å². The highest BCUT2D eigenvalue weighted by Crippen LogP contribution is 2.24. The molecule has 0 bridgehead atoms. The monoisotopic (exact) mass is 359 g/mol. The van der Waals surface area contributed by atoms with E-state index in [0.29, 0.717) is 17.8 Å². The van der Waals surface area contributed by atoms with Crippen molar-refractivity contribution in [2.45, 2.75) is 19.3 Å². The van der Waals surface area contributed by atoms with Gasteiger partial charge < -0.3 is 10.6 Å². The second-order valence-electron chi connectivity index (χ2n) is 6.28. The summed E-state index contributed by atoms with van der Waals surface area (Å²) >= 11 is 0. The third-order valence-corrected chi connectivity index (χ3v) is 4.13. The third kappa shape index (κ3) is 5.25. The van der Waals surface area contributed by atoms with Gasteiger partial charge in [0.2, 0.25) is 11.8 Å². The Morgan fingerprint density at radius 1 is 0.926 bits per heavy atom. The normalized spacial score (nSPS) is 11.4. The van der Waals surface area contributed by atoms with Crippen molar-refractivity contribution in [2.24, 2.45) is 0 Å². The molecular formula is C22H21N3O2. The van der Waals surface area contributed by atoms with Crippen LogP contribution in [-0.2, 0) is 16.0 Å². The quantitative estimate of drug-likeness (QED) is 0.699. The molecule has 0 spiro atoms. The van der Waals surface area contributed by atoms with Crippen LogP contribution < -0.4 is 10.6 Å². The minimum absolute atomic E-state index is 0.106. The lowest BCUT2D eigenvalue weighted by molar-refractivity contribution is -0.117. The van der Waals surface area contributed by atoms with Crippen molar-refractivity contribution in [3.05, 3.63) is 90.3 Å². The summed E-state index contributed by atoms with van der Waals surface area (Å²) in [5.41, 5.74) is 3.22. The molecule has 1 aromatic heterocycles. The standard InChI is InChI=1S/C22H21N3O2/c1-16(26)24-19-10-5-11-20(14-19)25-22(27)21(18-8-3-2-4-9-18)13-17-7-6-12-23-15-17/h2-12,14-15,21H,13H2,1H3,(H,24,26)(H,25,27). The predicted molar refractivity (Wildman–Crippen MR) is 106 cm³/mol. The van der Waals surface area contributed by atoms with Gasteiger partial charge in [-0.15, -0.1) is 0 Å². The Hall–Kier alpha value is -3.47. The number of carbonyl (C=O) groups is 2. The third-order valence-electron chi connectivity index (χ3n) is 4.13. The van der Waals surface area contributed by atoms with Crippen molar-refractivity contribution >= 4 is 23.2 Å². The highest BCUT2D eigenvalue weighted by atomic mass is 16.2. The molecule has 136 valence electrons. The van der Waals surface area contributed by atoms with Gasteiger partial charge in [-0.3, -0.25) is 14.6 Å². The molecule has 0 aliphatic carbocycles. The average Bonchev–Trinajstić information content (AvgIpc) is 2.67. The second-order valence-corrected chi connectivity index (χ2v) is 6.28. The van der Waals surface area contributed by atoms with E-state index in [0.717, 1.165) is 11.1 Å². The molecule has 5 heteroatoms. The van der Waals surface area contributed by atoms with Gasteiger partial charge in [0.1, 0.15) is 0 Å². The van der Waals surface area contributed by atoms with E-state index in [4.69, 9.17) is 0 Å². The number of benzene rings is 2. The van der Waals surface area contributed by atoms with E-state index in [1.165, 1.54) is 6.92 Å². The molecular weight excluding hydrogens is 338 g/mol. The number of pyridine rings is 1. The Balaban J connectivity index is 1.82. The van der Waals surface area contributed by atoms with Crippen LogP contribution in [0, 0.1) is 0 Å². The fourth-order valence-electron chi connectivity index (χ4n) is 2.91. The van der Waals surface area contributed by atoms with E-state index in [1.54, 1.807) is 36.7 Å². The summed E-state index contributed by atoms with van der Waals surface area (Å²) in [6.45, 7) is 1.45. The fraction of sp³-hybridized carbons (Fsp3) is 0.136. The Labute approximate surface area is 158 Å². The molecule has 5 nitrogen and oxygen atoms in total. The minimum Gasteiger partial charge on any atom is -0.326 e. The van der Waals surface area contributed by atoms with E-state index < -0.39 is 0 Å². The maximum Gasteiger partial charge on any atom is 0.232 e. The van der Waals surface area contributed by atoms with Gasteiger partial charge in [-0.2, -0.15) is 0 Å². The number of amides is 2. The number of rotatable bonds is 6. The van der Waals surface area contributed by atoms with Crippen molar-refractivity contribution in [2.75, 3.05) is 10.6 Å². The maximum atomic E-state index is 13.0. The summed E-state index contributed by atoms with van der Waals surface area (Å²) in [4.78, 5) is 28.4. The van der Waals surface area contributed by atoms with Crippen molar-refractivity contribution < 1.29 is 9.59 Å². The zero-order valence-corrected chi connectivity index (χ0v) is 15.1. The van der Waals surface area contributed by atoms with E-state index in [1.807, 2.05) is 42.5 Å². The lowest BCUT2D eigenvalue weighted by Gasteiger charge is -2.18. The first kappa shape index (κ1) is 18.3. The Kier molecular flexibility index (Phi) is 5.94. The van der Waals surface area contributed by atoms with Crippen LogP contribution in [0.15, 0.2) is 79.1 Å². The van der Waals surface area contributed by atoms with Crippen LogP contribution in [0.5, 0.6) is 0 Å². The van der Waals surface area contributed by atoms with E-state index >= 15 is 0 Å². The molecule has 0 saturated carbocycles. The van der Waals surface area contributed by atoms with Crippen molar-refractivity contribution in [3.8, 4) is 0 Å². The topological polar surface area (TPSA) is 71.1 Å². The minimum atomic E-state index is -0.347. The zero-order valence-electron chi connectivity index (χ0n) is 15.1. The van der Waals surface area contributed by atoms with E-state index in [9.17, 15) is 9.59 Å². The summed E-state index contributed by atoms with van der Waals surface area (Å²) in [5, 5.41) is 5.68. The number of aromatic nitrogens is 1. The molecule has 0 aliphatic rings. The van der Waals surface area contributed by atoms with Crippen LogP contribution in [0.2, 0.25) is 0 Å². The van der Waals surface area contributed by atoms with Gasteiger partial charge >= 0.3 is 0 Å². The van der Waals surface area contributed by atoms with Gasteiger partial charge in [0, 0.05) is 30.7 Å². The van der Waals surface area contributed by atoms with Crippen molar-refractivity contribution in [1.82, 2.24) is 4.98 Å². The van der Waals surface area contributed by atoms with Crippen LogP contribution in [0.4, 0.5) is 11.4 Å². The number of anilines is 2. The summed E-state index contributed by atoms with van der Waals surface area (Å²) in [7, 11) is 0. The first-order valence-electron chi connectivity index (χ1n) is 8.74. The summed E-state index contributed by atoms with van der Waals surface area (Å²) in [6, 6.07) is 20.6. The molecule has 0 radical (unpaired) electrons. The van der Waals surface area contributed by atoms with Crippen LogP contribution in [-0.4, -0.2) is 16.8 Å². The van der Waals surface area contributed by atoms with E-state index in [-0.39, 0.29) is 17.7 Å². The van der Waals surface area contributed by atoms with Gasteiger partial charge in [0.25, 0.3) is 0 Å². The number of carbonyl (C=O) groups excluding carboxylic acids is 2. The zero-order chi connectivity index (χ0) is 19.1. The molecule has 2 amide bonds. The lowest BCUT2D eigenvalue weighted by Crippen LogP contribution is -2.23. The number of nitrogens with one attached hydrogen (secondary N) is 2. The molecule has 0 fully saturated rings. The summed E-state index contributed by atoms with van der Waals surface area (Å²) in [5.74, 6) is -0.609. The number of hydrogen-bond acceptors (Lipinski definition) is 3. The molecule has 27 heavy (non-hydrogen) atoms.